The molecule has 0 atom stereocenters. The van der Waals surface area contributed by atoms with Crippen molar-refractivity contribution in [3.05, 3.63) is 69.3 Å². The maximum absolute atomic E-state index is 11.9. The largest absolute Gasteiger partial charge is 0.364 e. The summed E-state index contributed by atoms with van der Waals surface area (Å²) in [6, 6.07) is 13.7. The molecule has 0 unspecified atom stereocenters. The van der Waals surface area contributed by atoms with E-state index in [1.807, 2.05) is 6.92 Å². The summed E-state index contributed by atoms with van der Waals surface area (Å²) < 4.78 is 1.68. The lowest BCUT2D eigenvalue weighted by Gasteiger charge is -2.13. The summed E-state index contributed by atoms with van der Waals surface area (Å²) in [7, 11) is 0. The number of carbonyl (C=O) groups is 1. The first kappa shape index (κ1) is 19.0. The predicted molar refractivity (Wildman–Crippen MR) is 113 cm³/mol. The second-order valence-corrected chi connectivity index (χ2v) is 8.14. The molecule has 1 fully saturated rings. The molecule has 1 heterocycles. The van der Waals surface area contributed by atoms with Crippen LogP contribution >= 0.6 is 23.2 Å². The molecule has 2 N–H and O–H groups in total. The van der Waals surface area contributed by atoms with Crippen molar-refractivity contribution in [1.82, 2.24) is 9.78 Å². The molecule has 0 saturated heterocycles. The Hall–Kier alpha value is -2.30. The number of primary amides is 1. The van der Waals surface area contributed by atoms with Crippen LogP contribution < -0.4 is 5.73 Å². The van der Waals surface area contributed by atoms with Gasteiger partial charge < -0.3 is 5.73 Å². The van der Waals surface area contributed by atoms with E-state index >= 15 is 0 Å². The van der Waals surface area contributed by atoms with Crippen molar-refractivity contribution in [1.29, 1.82) is 0 Å². The summed E-state index contributed by atoms with van der Waals surface area (Å²) in [4.78, 5) is 11.9. The minimum absolute atomic E-state index is 0.237. The van der Waals surface area contributed by atoms with Crippen LogP contribution in [0.25, 0.3) is 16.9 Å². The second-order valence-electron chi connectivity index (χ2n) is 7.30. The van der Waals surface area contributed by atoms with Crippen LogP contribution in [0.15, 0.2) is 42.5 Å². The summed E-state index contributed by atoms with van der Waals surface area (Å²) >= 11 is 12.5. The lowest BCUT2D eigenvalue weighted by Crippen LogP contribution is -2.13. The Balaban J connectivity index is 1.84. The van der Waals surface area contributed by atoms with Crippen molar-refractivity contribution in [2.45, 2.75) is 38.5 Å². The molecule has 0 bridgehead atoms. The predicted octanol–water partition coefficient (Wildman–Crippen LogP) is 5.91. The van der Waals surface area contributed by atoms with E-state index in [1.165, 1.54) is 31.2 Å². The van der Waals surface area contributed by atoms with E-state index in [9.17, 15) is 4.79 Å². The van der Waals surface area contributed by atoms with Crippen molar-refractivity contribution >= 4 is 29.1 Å². The molecule has 0 spiro atoms. The van der Waals surface area contributed by atoms with Crippen molar-refractivity contribution in [2.75, 3.05) is 0 Å². The van der Waals surface area contributed by atoms with Gasteiger partial charge in [0.15, 0.2) is 5.69 Å². The van der Waals surface area contributed by atoms with Gasteiger partial charge in [0.1, 0.15) is 0 Å². The molecule has 1 aliphatic rings. The fourth-order valence-electron chi connectivity index (χ4n) is 4.07. The Morgan fingerprint density at radius 3 is 2.39 bits per heavy atom. The van der Waals surface area contributed by atoms with Gasteiger partial charge in [0.25, 0.3) is 5.91 Å². The number of nitrogens with zero attached hydrogens (tertiary/aromatic N) is 2. The number of hydrogen-bond acceptors (Lipinski definition) is 2. The maximum atomic E-state index is 11.9. The van der Waals surface area contributed by atoms with Crippen LogP contribution in [0.4, 0.5) is 0 Å². The van der Waals surface area contributed by atoms with Crippen LogP contribution in [-0.4, -0.2) is 15.7 Å². The lowest BCUT2D eigenvalue weighted by atomic mass is 9.95. The Labute approximate surface area is 174 Å². The number of halogens is 2. The van der Waals surface area contributed by atoms with Gasteiger partial charge in [-0.3, -0.25) is 4.79 Å². The molecule has 4 rings (SSSR count). The quantitative estimate of drug-likeness (QED) is 0.577. The number of rotatable bonds is 4. The molecule has 0 radical (unpaired) electrons. The molecule has 2 aromatic carbocycles. The fourth-order valence-corrected chi connectivity index (χ4v) is 4.56. The topological polar surface area (TPSA) is 60.9 Å². The summed E-state index contributed by atoms with van der Waals surface area (Å²) in [5.74, 6) is 0.0807. The van der Waals surface area contributed by atoms with Gasteiger partial charge in [0, 0.05) is 16.1 Å². The van der Waals surface area contributed by atoms with Crippen molar-refractivity contribution in [2.24, 2.45) is 5.73 Å². The van der Waals surface area contributed by atoms with E-state index in [0.29, 0.717) is 21.7 Å². The Kier molecular flexibility index (Phi) is 5.17. The Bertz CT molecular complexity index is 1030. The summed E-state index contributed by atoms with van der Waals surface area (Å²) in [5, 5.41) is 5.45. The molecular weight excluding hydrogens is 393 g/mol. The normalized spacial score (nSPS) is 14.5. The molecule has 6 heteroatoms. The number of hydrogen-bond donors (Lipinski definition) is 1. The molecule has 3 aromatic rings. The SMILES string of the molecule is Cc1c(C(N)=O)nn(-c2ccc(Cl)cc2Cl)c1-c1ccc(C2CCCC2)cc1. The van der Waals surface area contributed by atoms with Gasteiger partial charge in [-0.1, -0.05) is 60.3 Å². The van der Waals surface area contributed by atoms with E-state index < -0.39 is 5.91 Å². The van der Waals surface area contributed by atoms with E-state index in [4.69, 9.17) is 28.9 Å². The molecule has 1 saturated carbocycles. The van der Waals surface area contributed by atoms with Crippen LogP contribution in [0.3, 0.4) is 0 Å². The maximum Gasteiger partial charge on any atom is 0.269 e. The standard InChI is InChI=1S/C22H21Cl2N3O/c1-13-20(22(25)28)26-27(19-11-10-17(23)12-18(19)24)21(13)16-8-6-15(7-9-16)14-4-2-3-5-14/h6-12,14H,2-5H2,1H3,(H2,25,28). The number of amides is 1. The van der Waals surface area contributed by atoms with Crippen LogP contribution in [0.5, 0.6) is 0 Å². The zero-order valence-corrected chi connectivity index (χ0v) is 17.1. The third-order valence-electron chi connectivity index (χ3n) is 5.50. The van der Waals surface area contributed by atoms with Gasteiger partial charge in [0.05, 0.1) is 16.4 Å². The molecule has 1 aliphatic carbocycles. The average Bonchev–Trinajstić information content (AvgIpc) is 3.30. The number of nitrogens with two attached hydrogens (primary N) is 1. The van der Waals surface area contributed by atoms with Crippen LogP contribution in [-0.2, 0) is 0 Å². The fraction of sp³-hybridized carbons (Fsp3) is 0.273. The van der Waals surface area contributed by atoms with E-state index in [-0.39, 0.29) is 5.69 Å². The Morgan fingerprint density at radius 2 is 1.79 bits per heavy atom. The highest BCUT2D eigenvalue weighted by Crippen LogP contribution is 2.36. The molecule has 0 aliphatic heterocycles. The molecule has 1 aromatic heterocycles. The van der Waals surface area contributed by atoms with Crippen molar-refractivity contribution in [3.8, 4) is 16.9 Å². The van der Waals surface area contributed by atoms with Crippen LogP contribution in [0.2, 0.25) is 10.0 Å². The Morgan fingerprint density at radius 1 is 1.11 bits per heavy atom. The van der Waals surface area contributed by atoms with Crippen LogP contribution in [0, 0.1) is 6.92 Å². The molecule has 144 valence electrons. The zero-order valence-electron chi connectivity index (χ0n) is 15.6. The molecule has 28 heavy (non-hydrogen) atoms. The lowest BCUT2D eigenvalue weighted by molar-refractivity contribution is 0.0994. The third kappa shape index (κ3) is 3.43. The first-order valence-corrected chi connectivity index (χ1v) is 10.2. The highest BCUT2D eigenvalue weighted by molar-refractivity contribution is 6.35. The average molecular weight is 414 g/mol. The summed E-state index contributed by atoms with van der Waals surface area (Å²) in [6.07, 6.45) is 5.11. The van der Waals surface area contributed by atoms with Crippen molar-refractivity contribution in [3.63, 3.8) is 0 Å². The van der Waals surface area contributed by atoms with Gasteiger partial charge in [-0.2, -0.15) is 5.10 Å². The first-order chi connectivity index (χ1) is 13.5. The molecule has 4 nitrogen and oxygen atoms in total. The minimum Gasteiger partial charge on any atom is -0.364 e. The number of benzene rings is 2. The van der Waals surface area contributed by atoms with Crippen molar-refractivity contribution < 1.29 is 4.79 Å². The van der Waals surface area contributed by atoms with E-state index in [2.05, 4.69) is 29.4 Å². The van der Waals surface area contributed by atoms with Gasteiger partial charge >= 0.3 is 0 Å². The highest BCUT2D eigenvalue weighted by Gasteiger charge is 2.22. The third-order valence-corrected chi connectivity index (χ3v) is 6.04. The van der Waals surface area contributed by atoms with Gasteiger partial charge in [0.2, 0.25) is 0 Å². The van der Waals surface area contributed by atoms with E-state index in [0.717, 1.165) is 16.8 Å². The number of aromatic nitrogens is 2. The summed E-state index contributed by atoms with van der Waals surface area (Å²) in [5.41, 5.74) is 10.3. The summed E-state index contributed by atoms with van der Waals surface area (Å²) in [6.45, 7) is 1.85. The smallest absolute Gasteiger partial charge is 0.269 e. The van der Waals surface area contributed by atoms with Gasteiger partial charge in [-0.25, -0.2) is 4.68 Å². The highest BCUT2D eigenvalue weighted by atomic mass is 35.5. The molecule has 1 amide bonds. The monoisotopic (exact) mass is 413 g/mol. The molecular formula is C22H21Cl2N3O. The zero-order chi connectivity index (χ0) is 19.8. The van der Waals surface area contributed by atoms with E-state index in [1.54, 1.807) is 22.9 Å². The second kappa shape index (κ2) is 7.61. The minimum atomic E-state index is -0.565. The first-order valence-electron chi connectivity index (χ1n) is 9.41. The number of carbonyl (C=O) groups excluding carboxylic acids is 1. The van der Waals surface area contributed by atoms with Gasteiger partial charge in [-0.15, -0.1) is 0 Å². The van der Waals surface area contributed by atoms with Crippen LogP contribution in [0.1, 0.15) is 53.2 Å². The van der Waals surface area contributed by atoms with Gasteiger partial charge in [-0.05, 0) is 49.4 Å².